The van der Waals surface area contributed by atoms with Crippen LogP contribution in [0.25, 0.3) is 5.57 Å². The van der Waals surface area contributed by atoms with Crippen LogP contribution in [-0.4, -0.2) is 43.8 Å². The van der Waals surface area contributed by atoms with Gasteiger partial charge in [-0.2, -0.15) is 4.98 Å². The highest BCUT2D eigenvalue weighted by Crippen LogP contribution is 2.41. The topological polar surface area (TPSA) is 81.7 Å². The third-order valence-electron chi connectivity index (χ3n) is 6.75. The Bertz CT molecular complexity index is 1100. The average Bonchev–Trinajstić information content (AvgIpc) is 3.47. The summed E-state index contributed by atoms with van der Waals surface area (Å²) in [7, 11) is 1.60. The van der Waals surface area contributed by atoms with Crippen LogP contribution in [0.5, 0.6) is 11.8 Å². The van der Waals surface area contributed by atoms with Gasteiger partial charge in [0.15, 0.2) is 0 Å². The van der Waals surface area contributed by atoms with E-state index < -0.39 is 0 Å². The van der Waals surface area contributed by atoms with E-state index in [0.29, 0.717) is 42.9 Å². The maximum atomic E-state index is 11.4. The number of methoxy groups -OCH3 is 1. The molecule has 2 N–H and O–H groups in total. The van der Waals surface area contributed by atoms with Crippen LogP contribution in [0, 0.1) is 0 Å². The number of carbonyl (C=O) groups excluding carboxylic acids is 1. The van der Waals surface area contributed by atoms with E-state index in [0.717, 1.165) is 37.9 Å². The lowest BCUT2D eigenvalue weighted by atomic mass is 9.94. The quantitative estimate of drug-likeness (QED) is 0.591. The number of nitrogens with one attached hydrogen (secondary N) is 2. The van der Waals surface area contributed by atoms with Crippen molar-refractivity contribution in [2.24, 2.45) is 0 Å². The van der Waals surface area contributed by atoms with E-state index in [2.05, 4.69) is 39.9 Å². The molecule has 5 rings (SSSR count). The van der Waals surface area contributed by atoms with Gasteiger partial charge < -0.3 is 24.8 Å². The molecular weight excluding hydrogens is 454 g/mol. The fourth-order valence-electron chi connectivity index (χ4n) is 5.04. The van der Waals surface area contributed by atoms with Crippen molar-refractivity contribution in [3.63, 3.8) is 0 Å². The number of nitrogens with zero attached hydrogens (tertiary/aromatic N) is 1. The largest absolute Gasteiger partial charge is 0.481 e. The number of halogens is 1. The summed E-state index contributed by atoms with van der Waals surface area (Å²) in [5, 5.41) is 6.78. The number of carbonyl (C=O) groups is 1. The van der Waals surface area contributed by atoms with Gasteiger partial charge in [0.1, 0.15) is 11.1 Å². The molecule has 1 unspecified atom stereocenters. The number of aromatic nitrogens is 1. The molecule has 1 aliphatic carbocycles. The summed E-state index contributed by atoms with van der Waals surface area (Å²) in [6.45, 7) is 2.67. The summed E-state index contributed by atoms with van der Waals surface area (Å²) >= 11 is 6.59. The van der Waals surface area contributed by atoms with Crippen molar-refractivity contribution in [3.8, 4) is 11.8 Å². The fraction of sp³-hybridized carbons (Fsp3) is 0.462. The Morgan fingerprint density at radius 3 is 2.91 bits per heavy atom. The molecule has 0 radical (unpaired) electrons. The molecule has 2 aliphatic heterocycles. The Kier molecular flexibility index (Phi) is 7.04. The molecule has 1 amide bonds. The molecule has 3 heterocycles. The van der Waals surface area contributed by atoms with Crippen LogP contribution in [0.15, 0.2) is 30.3 Å². The van der Waals surface area contributed by atoms with E-state index in [4.69, 9.17) is 25.8 Å². The van der Waals surface area contributed by atoms with Gasteiger partial charge in [0.05, 0.1) is 20.3 Å². The molecule has 1 aromatic heterocycles. The molecule has 2 atom stereocenters. The molecule has 7 nitrogen and oxygen atoms in total. The van der Waals surface area contributed by atoms with Crippen LogP contribution in [0.1, 0.15) is 54.0 Å². The van der Waals surface area contributed by atoms with Gasteiger partial charge in [-0.15, -0.1) is 0 Å². The van der Waals surface area contributed by atoms with Gasteiger partial charge in [0.25, 0.3) is 0 Å². The fourth-order valence-corrected chi connectivity index (χ4v) is 5.26. The summed E-state index contributed by atoms with van der Waals surface area (Å²) < 4.78 is 17.4. The highest BCUT2D eigenvalue weighted by Gasteiger charge is 2.29. The van der Waals surface area contributed by atoms with Gasteiger partial charge in [-0.05, 0) is 54.0 Å². The molecule has 2 aromatic rings. The Labute approximate surface area is 204 Å². The molecule has 0 spiro atoms. The van der Waals surface area contributed by atoms with Crippen molar-refractivity contribution in [3.05, 3.63) is 57.6 Å². The van der Waals surface area contributed by atoms with E-state index in [1.165, 1.54) is 22.3 Å². The van der Waals surface area contributed by atoms with Gasteiger partial charge in [-0.25, -0.2) is 0 Å². The minimum Gasteiger partial charge on any atom is -0.481 e. The summed E-state index contributed by atoms with van der Waals surface area (Å²) in [6.07, 6.45) is 6.31. The lowest BCUT2D eigenvalue weighted by Gasteiger charge is -2.19. The summed E-state index contributed by atoms with van der Waals surface area (Å²) in [4.78, 5) is 16.0. The normalized spacial score (nSPS) is 21.7. The average molecular weight is 484 g/mol. The smallest absolute Gasteiger partial charge is 0.236 e. The first-order valence-corrected chi connectivity index (χ1v) is 12.3. The van der Waals surface area contributed by atoms with E-state index in [-0.39, 0.29) is 18.1 Å². The Hall–Kier alpha value is -2.61. The van der Waals surface area contributed by atoms with Gasteiger partial charge >= 0.3 is 0 Å². The molecule has 1 fully saturated rings. The highest BCUT2D eigenvalue weighted by atomic mass is 35.5. The van der Waals surface area contributed by atoms with Crippen molar-refractivity contribution in [1.82, 2.24) is 15.6 Å². The van der Waals surface area contributed by atoms with Gasteiger partial charge in [0, 0.05) is 31.1 Å². The summed E-state index contributed by atoms with van der Waals surface area (Å²) in [5.74, 6) is 0.987. The molecule has 1 aromatic carbocycles. The van der Waals surface area contributed by atoms with E-state index in [1.54, 1.807) is 7.11 Å². The lowest BCUT2D eigenvalue weighted by molar-refractivity contribution is -0.119. The summed E-state index contributed by atoms with van der Waals surface area (Å²) in [6, 6.07) is 8.45. The minimum atomic E-state index is -0.0972. The second-order valence-electron chi connectivity index (χ2n) is 8.95. The van der Waals surface area contributed by atoms with Gasteiger partial charge in [-0.3, -0.25) is 4.79 Å². The van der Waals surface area contributed by atoms with Gasteiger partial charge in [0.2, 0.25) is 17.7 Å². The zero-order valence-electron chi connectivity index (χ0n) is 19.4. The maximum Gasteiger partial charge on any atom is 0.236 e. The van der Waals surface area contributed by atoms with E-state index in [9.17, 15) is 4.79 Å². The number of pyridine rings is 1. The second-order valence-corrected chi connectivity index (χ2v) is 9.36. The predicted molar refractivity (Wildman–Crippen MR) is 130 cm³/mol. The number of ether oxygens (including phenoxy) is 3. The molecular formula is C26H30ClN3O4. The highest BCUT2D eigenvalue weighted by molar-refractivity contribution is 6.31. The number of fused-ring (bicyclic) bond motifs is 1. The lowest BCUT2D eigenvalue weighted by Crippen LogP contribution is -2.35. The minimum absolute atomic E-state index is 0.0972. The molecule has 3 aliphatic rings. The van der Waals surface area contributed by atoms with Crippen LogP contribution >= 0.6 is 11.6 Å². The SMILES string of the molecule is COc1nc(O[C@H]2CCc3c(C4=CCOCC4)cccc32)c(Cl)cc1CNCC1CCC(=O)N1. The Morgan fingerprint density at radius 2 is 2.15 bits per heavy atom. The Morgan fingerprint density at radius 1 is 1.24 bits per heavy atom. The summed E-state index contributed by atoms with van der Waals surface area (Å²) in [5.41, 5.74) is 6.07. The number of rotatable bonds is 8. The first-order valence-electron chi connectivity index (χ1n) is 11.9. The number of benzene rings is 1. The van der Waals surface area contributed by atoms with Gasteiger partial charge in [-0.1, -0.05) is 35.9 Å². The third-order valence-corrected chi connectivity index (χ3v) is 7.02. The van der Waals surface area contributed by atoms with Crippen molar-refractivity contribution < 1.29 is 19.0 Å². The molecule has 1 saturated heterocycles. The first kappa shape index (κ1) is 23.1. The number of hydrogen-bond acceptors (Lipinski definition) is 6. The first-order chi connectivity index (χ1) is 16.6. The molecule has 0 bridgehead atoms. The van der Waals surface area contributed by atoms with Crippen LogP contribution in [0.3, 0.4) is 0 Å². The molecule has 0 saturated carbocycles. The van der Waals surface area contributed by atoms with Crippen molar-refractivity contribution in [2.45, 2.75) is 50.8 Å². The van der Waals surface area contributed by atoms with Crippen molar-refractivity contribution in [2.75, 3.05) is 26.9 Å². The van der Waals surface area contributed by atoms with Crippen LogP contribution in [0.2, 0.25) is 5.02 Å². The zero-order valence-corrected chi connectivity index (χ0v) is 20.1. The van der Waals surface area contributed by atoms with E-state index >= 15 is 0 Å². The zero-order chi connectivity index (χ0) is 23.5. The maximum absolute atomic E-state index is 11.4. The predicted octanol–water partition coefficient (Wildman–Crippen LogP) is 3.98. The molecule has 34 heavy (non-hydrogen) atoms. The number of hydrogen-bond donors (Lipinski definition) is 2. The molecule has 8 heteroatoms. The van der Waals surface area contributed by atoms with Crippen LogP contribution in [0.4, 0.5) is 0 Å². The monoisotopic (exact) mass is 483 g/mol. The van der Waals surface area contributed by atoms with Crippen LogP contribution in [-0.2, 0) is 22.5 Å². The van der Waals surface area contributed by atoms with Crippen molar-refractivity contribution in [1.29, 1.82) is 0 Å². The second kappa shape index (κ2) is 10.3. The Balaban J connectivity index is 1.29. The third kappa shape index (κ3) is 4.92. The van der Waals surface area contributed by atoms with E-state index in [1.807, 2.05) is 6.07 Å². The number of amides is 1. The van der Waals surface area contributed by atoms with Crippen LogP contribution < -0.4 is 20.1 Å². The molecule has 180 valence electrons. The van der Waals surface area contributed by atoms with Crippen molar-refractivity contribution >= 4 is 23.1 Å². The standard InChI is InChI=1S/C26H30ClN3O4/c1-32-25-17(14-28-15-18-5-8-24(31)29-18)13-22(27)26(30-25)34-23-7-6-20-19(3-2-4-21(20)23)16-9-11-33-12-10-16/h2-4,9,13,18,23,28H,5-8,10-12,14-15H2,1H3,(H,29,31)/t18?,23-/m0/s1.